The first-order valence-electron chi connectivity index (χ1n) is 6.41. The van der Waals surface area contributed by atoms with Crippen LogP contribution in [0.15, 0.2) is 60.7 Å². The van der Waals surface area contributed by atoms with Crippen LogP contribution in [0.1, 0.15) is 29.4 Å². The normalized spacial score (nSPS) is 21.8. The van der Waals surface area contributed by atoms with E-state index >= 15 is 0 Å². The molecule has 0 amide bonds. The van der Waals surface area contributed by atoms with Gasteiger partial charge in [-0.15, -0.1) is 0 Å². The molecule has 0 nitrogen and oxygen atoms in total. The third-order valence-electron chi connectivity index (χ3n) is 3.68. The van der Waals surface area contributed by atoms with Crippen molar-refractivity contribution in [3.8, 4) is 0 Å². The number of rotatable bonds is 2. The van der Waals surface area contributed by atoms with Crippen LogP contribution in [0.2, 0.25) is 10.0 Å². The van der Waals surface area contributed by atoms with Crippen molar-refractivity contribution in [2.75, 3.05) is 0 Å². The summed E-state index contributed by atoms with van der Waals surface area (Å²) in [6.45, 7) is 0. The molecule has 0 heterocycles. The van der Waals surface area contributed by atoms with Crippen molar-refractivity contribution in [3.63, 3.8) is 0 Å². The lowest BCUT2D eigenvalue weighted by atomic mass is 9.92. The molecule has 0 aromatic heterocycles. The third-order valence-corrected chi connectivity index (χ3v) is 4.18. The number of hydrogen-bond donors (Lipinski definition) is 0. The molecule has 19 heavy (non-hydrogen) atoms. The summed E-state index contributed by atoms with van der Waals surface area (Å²) in [7, 11) is 0. The highest BCUT2D eigenvalue weighted by atomic mass is 35.5. The molecule has 2 aromatic carbocycles. The van der Waals surface area contributed by atoms with Gasteiger partial charge in [0.15, 0.2) is 0 Å². The third kappa shape index (κ3) is 2.86. The SMILES string of the molecule is Clc1ccc(C2C=CC(c3ccc(Cl)cc3)C2)cc1. The van der Waals surface area contributed by atoms with Crippen LogP contribution in [-0.2, 0) is 0 Å². The van der Waals surface area contributed by atoms with E-state index in [-0.39, 0.29) is 0 Å². The van der Waals surface area contributed by atoms with Gasteiger partial charge in [-0.25, -0.2) is 0 Å². The Bertz CT molecular complexity index is 528. The topological polar surface area (TPSA) is 0 Å². The van der Waals surface area contributed by atoms with E-state index < -0.39 is 0 Å². The first-order valence-corrected chi connectivity index (χ1v) is 7.17. The van der Waals surface area contributed by atoms with Gasteiger partial charge in [0, 0.05) is 21.9 Å². The molecule has 0 spiro atoms. The molecule has 1 aliphatic carbocycles. The Morgan fingerprint density at radius 2 is 1.00 bits per heavy atom. The van der Waals surface area contributed by atoms with Gasteiger partial charge >= 0.3 is 0 Å². The van der Waals surface area contributed by atoms with Gasteiger partial charge in [-0.1, -0.05) is 59.6 Å². The van der Waals surface area contributed by atoms with Gasteiger partial charge in [0.2, 0.25) is 0 Å². The summed E-state index contributed by atoms with van der Waals surface area (Å²) in [4.78, 5) is 0. The first kappa shape index (κ1) is 12.8. The number of hydrogen-bond acceptors (Lipinski definition) is 0. The summed E-state index contributed by atoms with van der Waals surface area (Å²) < 4.78 is 0. The van der Waals surface area contributed by atoms with E-state index in [2.05, 4.69) is 36.4 Å². The summed E-state index contributed by atoms with van der Waals surface area (Å²) in [6, 6.07) is 16.3. The molecule has 2 unspecified atom stereocenters. The molecule has 2 aromatic rings. The van der Waals surface area contributed by atoms with Gasteiger partial charge in [0.05, 0.1) is 0 Å². The molecule has 0 saturated carbocycles. The second kappa shape index (κ2) is 5.40. The van der Waals surface area contributed by atoms with E-state index in [9.17, 15) is 0 Å². The van der Waals surface area contributed by atoms with E-state index in [1.807, 2.05) is 24.3 Å². The molecule has 2 heteroatoms. The highest BCUT2D eigenvalue weighted by Gasteiger charge is 2.21. The molecule has 0 N–H and O–H groups in total. The van der Waals surface area contributed by atoms with Crippen LogP contribution >= 0.6 is 23.2 Å². The summed E-state index contributed by atoms with van der Waals surface area (Å²) in [6.07, 6.45) is 5.70. The van der Waals surface area contributed by atoms with E-state index in [4.69, 9.17) is 23.2 Å². The smallest absolute Gasteiger partial charge is 0.0406 e. The Labute approximate surface area is 123 Å². The van der Waals surface area contributed by atoms with Crippen LogP contribution in [0, 0.1) is 0 Å². The molecule has 2 atom stereocenters. The van der Waals surface area contributed by atoms with Gasteiger partial charge in [-0.05, 0) is 41.8 Å². The molecule has 0 fully saturated rings. The fourth-order valence-corrected chi connectivity index (χ4v) is 2.87. The Balaban J connectivity index is 1.76. The lowest BCUT2D eigenvalue weighted by Crippen LogP contribution is -1.96. The summed E-state index contributed by atoms with van der Waals surface area (Å²) in [5.74, 6) is 0.968. The van der Waals surface area contributed by atoms with Crippen molar-refractivity contribution in [1.29, 1.82) is 0 Å². The largest absolute Gasteiger partial charge is 0.0843 e. The molecule has 0 aliphatic heterocycles. The maximum atomic E-state index is 5.93. The van der Waals surface area contributed by atoms with Gasteiger partial charge in [-0.3, -0.25) is 0 Å². The number of benzene rings is 2. The minimum atomic E-state index is 0.484. The molecule has 0 radical (unpaired) electrons. The first-order chi connectivity index (χ1) is 9.22. The average molecular weight is 289 g/mol. The highest BCUT2D eigenvalue weighted by molar-refractivity contribution is 6.30. The maximum Gasteiger partial charge on any atom is 0.0406 e. The predicted octanol–water partition coefficient (Wildman–Crippen LogP) is 5.82. The van der Waals surface area contributed by atoms with Crippen molar-refractivity contribution in [1.82, 2.24) is 0 Å². The standard InChI is InChI=1S/C17H14Cl2/c18-16-7-3-12(4-8-16)14-1-2-15(11-14)13-5-9-17(19)10-6-13/h1-10,14-15H,11H2. The van der Waals surface area contributed by atoms with Crippen LogP contribution in [-0.4, -0.2) is 0 Å². The molecule has 96 valence electrons. The Morgan fingerprint density at radius 3 is 1.37 bits per heavy atom. The molecular formula is C17H14Cl2. The van der Waals surface area contributed by atoms with E-state index in [1.165, 1.54) is 11.1 Å². The van der Waals surface area contributed by atoms with E-state index in [0.29, 0.717) is 11.8 Å². The fourth-order valence-electron chi connectivity index (χ4n) is 2.61. The van der Waals surface area contributed by atoms with Gasteiger partial charge in [0.25, 0.3) is 0 Å². The van der Waals surface area contributed by atoms with Crippen molar-refractivity contribution in [3.05, 3.63) is 81.9 Å². The van der Waals surface area contributed by atoms with Crippen molar-refractivity contribution >= 4 is 23.2 Å². The molecule has 0 bridgehead atoms. The lowest BCUT2D eigenvalue weighted by molar-refractivity contribution is 0.722. The van der Waals surface area contributed by atoms with Crippen LogP contribution in [0.25, 0.3) is 0 Å². The van der Waals surface area contributed by atoms with E-state index in [1.54, 1.807) is 0 Å². The number of allylic oxidation sites excluding steroid dienone is 2. The molecule has 1 aliphatic rings. The van der Waals surface area contributed by atoms with Crippen LogP contribution < -0.4 is 0 Å². The second-order valence-electron chi connectivity index (χ2n) is 4.94. The lowest BCUT2D eigenvalue weighted by Gasteiger charge is -2.13. The zero-order valence-electron chi connectivity index (χ0n) is 10.4. The Kier molecular flexibility index (Phi) is 3.63. The minimum absolute atomic E-state index is 0.484. The zero-order chi connectivity index (χ0) is 13.2. The van der Waals surface area contributed by atoms with Gasteiger partial charge in [0.1, 0.15) is 0 Å². The minimum Gasteiger partial charge on any atom is -0.0843 e. The fraction of sp³-hybridized carbons (Fsp3) is 0.176. The highest BCUT2D eigenvalue weighted by Crippen LogP contribution is 2.38. The van der Waals surface area contributed by atoms with Crippen molar-refractivity contribution in [2.24, 2.45) is 0 Å². The number of halogens is 2. The van der Waals surface area contributed by atoms with Gasteiger partial charge in [-0.2, -0.15) is 0 Å². The zero-order valence-corrected chi connectivity index (χ0v) is 11.9. The second-order valence-corrected chi connectivity index (χ2v) is 5.81. The van der Waals surface area contributed by atoms with Crippen LogP contribution in [0.5, 0.6) is 0 Å². The maximum absolute atomic E-state index is 5.93. The quantitative estimate of drug-likeness (QED) is 0.611. The monoisotopic (exact) mass is 288 g/mol. The van der Waals surface area contributed by atoms with E-state index in [0.717, 1.165) is 16.5 Å². The summed E-state index contributed by atoms with van der Waals surface area (Å²) >= 11 is 11.9. The van der Waals surface area contributed by atoms with Gasteiger partial charge < -0.3 is 0 Å². The van der Waals surface area contributed by atoms with Crippen molar-refractivity contribution in [2.45, 2.75) is 18.3 Å². The summed E-state index contributed by atoms with van der Waals surface area (Å²) in [5.41, 5.74) is 2.66. The Morgan fingerprint density at radius 1 is 0.632 bits per heavy atom. The molecule has 3 rings (SSSR count). The molecular weight excluding hydrogens is 275 g/mol. The molecule has 0 saturated heterocycles. The van der Waals surface area contributed by atoms with Crippen LogP contribution in [0.3, 0.4) is 0 Å². The Hall–Kier alpha value is -1.24. The summed E-state index contributed by atoms with van der Waals surface area (Å²) in [5, 5.41) is 1.58. The predicted molar refractivity (Wildman–Crippen MR) is 82.1 cm³/mol. The van der Waals surface area contributed by atoms with Crippen LogP contribution in [0.4, 0.5) is 0 Å². The average Bonchev–Trinajstić information content (AvgIpc) is 2.90. The van der Waals surface area contributed by atoms with Crippen molar-refractivity contribution < 1.29 is 0 Å².